The Hall–Kier alpha value is -3.49. The molecule has 2 heterocycles. The average Bonchev–Trinajstić information content (AvgIpc) is 3.13. The van der Waals surface area contributed by atoms with Gasteiger partial charge in [0.25, 0.3) is 11.5 Å². The van der Waals surface area contributed by atoms with E-state index in [-0.39, 0.29) is 37.3 Å². The van der Waals surface area contributed by atoms with Gasteiger partial charge in [-0.15, -0.1) is 11.3 Å². The topological polar surface area (TPSA) is 92.2 Å². The number of nitrogens with one attached hydrogen (secondary N) is 1. The van der Waals surface area contributed by atoms with Crippen molar-refractivity contribution in [2.24, 2.45) is 0 Å². The number of amides is 1. The highest BCUT2D eigenvalue weighted by atomic mass is 35.5. The molecule has 4 aromatic rings. The van der Waals surface area contributed by atoms with Gasteiger partial charge in [0.1, 0.15) is 4.34 Å². The van der Waals surface area contributed by atoms with Gasteiger partial charge in [-0.1, -0.05) is 41.4 Å². The Morgan fingerprint density at radius 2 is 1.87 bits per heavy atom. The van der Waals surface area contributed by atoms with E-state index in [0.29, 0.717) is 12.0 Å². The van der Waals surface area contributed by atoms with Crippen molar-refractivity contribution in [3.05, 3.63) is 89.7 Å². The number of aromatic amines is 1. The van der Waals surface area contributed by atoms with Crippen molar-refractivity contribution < 1.29 is 9.59 Å². The number of aromatic nitrogens is 2. The zero-order valence-electron chi connectivity index (χ0n) is 16.5. The van der Waals surface area contributed by atoms with Crippen LogP contribution in [0.25, 0.3) is 16.6 Å². The fourth-order valence-electron chi connectivity index (χ4n) is 3.27. The van der Waals surface area contributed by atoms with Crippen LogP contribution in [0.1, 0.15) is 25.6 Å². The molecule has 0 bridgehead atoms. The number of nitrogens with zero attached hydrogens (tertiary/aromatic N) is 2. The molecule has 0 fully saturated rings. The molecular weight excluding hydrogens is 438 g/mol. The number of H-pyrrole nitrogens is 1. The second kappa shape index (κ2) is 7.98. The number of rotatable bonds is 4. The number of hydrogen-bond donors (Lipinski definition) is 1. The summed E-state index contributed by atoms with van der Waals surface area (Å²) >= 11 is 7.30. The predicted octanol–water partition coefficient (Wildman–Crippen LogP) is 3.79. The number of carbonyl (C=O) groups excluding carboxylic acids is 2. The normalized spacial score (nSPS) is 10.9. The van der Waals surface area contributed by atoms with Gasteiger partial charge in [-0.25, -0.2) is 9.36 Å². The number of carbonyl (C=O) groups is 2. The Bertz CT molecular complexity index is 1450. The van der Waals surface area contributed by atoms with Gasteiger partial charge in [0.2, 0.25) is 0 Å². The lowest BCUT2D eigenvalue weighted by Gasteiger charge is -2.16. The fraction of sp³-hybridized carbons (Fsp3) is 0.0909. The molecule has 9 heteroatoms. The van der Waals surface area contributed by atoms with Crippen LogP contribution in [-0.4, -0.2) is 28.8 Å². The Morgan fingerprint density at radius 3 is 2.55 bits per heavy atom. The van der Waals surface area contributed by atoms with Crippen LogP contribution in [0.15, 0.2) is 58.1 Å². The maximum atomic E-state index is 13.1. The zero-order valence-corrected chi connectivity index (χ0v) is 18.1. The van der Waals surface area contributed by atoms with Crippen molar-refractivity contribution in [3.8, 4) is 5.69 Å². The lowest BCUT2D eigenvalue weighted by atomic mass is 10.1. The van der Waals surface area contributed by atoms with Gasteiger partial charge in [-0.2, -0.15) is 0 Å². The van der Waals surface area contributed by atoms with E-state index in [4.69, 9.17) is 11.6 Å². The van der Waals surface area contributed by atoms with E-state index in [0.717, 1.165) is 21.5 Å². The third-order valence-electron chi connectivity index (χ3n) is 4.93. The Kier molecular flexibility index (Phi) is 5.34. The molecule has 0 spiro atoms. The SMILES string of the molecule is Cc1ccc(N(C)C(=O)c2cc(-n3c(=O)[nH]c4cccc(C=O)c4c3=O)c(Cl)s2)cc1. The summed E-state index contributed by atoms with van der Waals surface area (Å²) in [6.07, 6.45) is 0.549. The number of anilines is 1. The first-order chi connectivity index (χ1) is 14.8. The first kappa shape index (κ1) is 20.8. The van der Waals surface area contributed by atoms with Crippen molar-refractivity contribution in [2.75, 3.05) is 11.9 Å². The van der Waals surface area contributed by atoms with E-state index in [9.17, 15) is 19.2 Å². The third kappa shape index (κ3) is 3.60. The van der Waals surface area contributed by atoms with E-state index in [1.54, 1.807) is 13.1 Å². The van der Waals surface area contributed by atoms with E-state index in [1.807, 2.05) is 31.2 Å². The average molecular weight is 454 g/mol. The predicted molar refractivity (Wildman–Crippen MR) is 122 cm³/mol. The molecule has 0 unspecified atom stereocenters. The Balaban J connectivity index is 1.83. The van der Waals surface area contributed by atoms with Crippen molar-refractivity contribution in [2.45, 2.75) is 6.92 Å². The number of aryl methyl sites for hydroxylation is 1. The van der Waals surface area contributed by atoms with Crippen LogP contribution in [0.4, 0.5) is 5.69 Å². The number of halogens is 1. The first-order valence-corrected chi connectivity index (χ1v) is 10.4. The molecule has 0 aliphatic heterocycles. The second-order valence-corrected chi connectivity index (χ2v) is 8.58. The summed E-state index contributed by atoms with van der Waals surface area (Å²) in [6, 6.07) is 13.4. The maximum absolute atomic E-state index is 13.1. The smallest absolute Gasteiger partial charge is 0.311 e. The molecule has 0 atom stereocenters. The van der Waals surface area contributed by atoms with Gasteiger partial charge >= 0.3 is 5.69 Å². The quantitative estimate of drug-likeness (QED) is 0.476. The monoisotopic (exact) mass is 453 g/mol. The summed E-state index contributed by atoms with van der Waals surface area (Å²) in [6.45, 7) is 1.95. The summed E-state index contributed by atoms with van der Waals surface area (Å²) in [7, 11) is 1.63. The van der Waals surface area contributed by atoms with Crippen LogP contribution in [0.3, 0.4) is 0 Å². The van der Waals surface area contributed by atoms with E-state index >= 15 is 0 Å². The zero-order chi connectivity index (χ0) is 22.3. The Labute approximate surface area is 185 Å². The molecule has 0 saturated carbocycles. The molecule has 0 radical (unpaired) electrons. The van der Waals surface area contributed by atoms with Crippen LogP contribution in [-0.2, 0) is 0 Å². The highest BCUT2D eigenvalue weighted by Gasteiger charge is 2.22. The first-order valence-electron chi connectivity index (χ1n) is 9.19. The summed E-state index contributed by atoms with van der Waals surface area (Å²) in [5, 5.41) is 0.0732. The minimum Gasteiger partial charge on any atom is -0.311 e. The number of fused-ring (bicyclic) bond motifs is 1. The standard InChI is InChI=1S/C22H16ClN3O4S/c1-12-6-8-14(9-7-12)25(2)20(28)17-10-16(19(23)31-17)26-21(29)18-13(11-27)4-3-5-15(18)24-22(26)30/h3-11H,1-2H3,(H,24,30). The summed E-state index contributed by atoms with van der Waals surface area (Å²) in [4.78, 5) is 54.4. The Morgan fingerprint density at radius 1 is 1.16 bits per heavy atom. The largest absolute Gasteiger partial charge is 0.333 e. The molecular formula is C22H16ClN3O4S. The number of thiophene rings is 1. The van der Waals surface area contributed by atoms with Crippen LogP contribution in [0.2, 0.25) is 4.34 Å². The molecule has 7 nitrogen and oxygen atoms in total. The van der Waals surface area contributed by atoms with Crippen LogP contribution < -0.4 is 16.1 Å². The van der Waals surface area contributed by atoms with E-state index in [1.165, 1.54) is 23.1 Å². The van der Waals surface area contributed by atoms with Gasteiger partial charge in [-0.3, -0.25) is 14.4 Å². The lowest BCUT2D eigenvalue weighted by molar-refractivity contribution is 0.0996. The number of hydrogen-bond acceptors (Lipinski definition) is 5. The summed E-state index contributed by atoms with van der Waals surface area (Å²) in [5.74, 6) is -0.333. The highest BCUT2D eigenvalue weighted by molar-refractivity contribution is 7.18. The number of aldehydes is 1. The van der Waals surface area contributed by atoms with Crippen molar-refractivity contribution in [1.29, 1.82) is 0 Å². The fourth-order valence-corrected chi connectivity index (χ4v) is 4.50. The second-order valence-electron chi connectivity index (χ2n) is 6.93. The number of benzene rings is 2. The minimum absolute atomic E-state index is 0.0732. The third-order valence-corrected chi connectivity index (χ3v) is 6.26. The van der Waals surface area contributed by atoms with Crippen LogP contribution >= 0.6 is 22.9 Å². The minimum atomic E-state index is -0.717. The van der Waals surface area contributed by atoms with Gasteiger partial charge in [0, 0.05) is 18.3 Å². The molecule has 156 valence electrons. The van der Waals surface area contributed by atoms with Gasteiger partial charge in [-0.05, 0) is 31.2 Å². The van der Waals surface area contributed by atoms with Crippen LogP contribution in [0, 0.1) is 6.92 Å². The lowest BCUT2D eigenvalue weighted by Crippen LogP contribution is -2.34. The van der Waals surface area contributed by atoms with Crippen molar-refractivity contribution >= 4 is 51.7 Å². The van der Waals surface area contributed by atoms with Crippen LogP contribution in [0.5, 0.6) is 0 Å². The van der Waals surface area contributed by atoms with E-state index in [2.05, 4.69) is 4.98 Å². The van der Waals surface area contributed by atoms with Gasteiger partial charge in [0.15, 0.2) is 6.29 Å². The molecule has 2 aromatic heterocycles. The van der Waals surface area contributed by atoms with Gasteiger partial charge < -0.3 is 9.88 Å². The van der Waals surface area contributed by atoms with Gasteiger partial charge in [0.05, 0.1) is 21.5 Å². The molecule has 4 rings (SSSR count). The highest BCUT2D eigenvalue weighted by Crippen LogP contribution is 2.31. The molecule has 0 saturated heterocycles. The van der Waals surface area contributed by atoms with E-state index < -0.39 is 11.2 Å². The van der Waals surface area contributed by atoms with Crippen molar-refractivity contribution in [1.82, 2.24) is 9.55 Å². The summed E-state index contributed by atoms with van der Waals surface area (Å²) in [5.41, 5.74) is 0.833. The van der Waals surface area contributed by atoms with Crippen molar-refractivity contribution in [3.63, 3.8) is 0 Å². The molecule has 1 amide bonds. The molecule has 31 heavy (non-hydrogen) atoms. The molecule has 0 aliphatic carbocycles. The maximum Gasteiger partial charge on any atom is 0.333 e. The molecule has 0 aliphatic rings. The molecule has 1 N–H and O–H groups in total. The molecule has 2 aromatic carbocycles. The summed E-state index contributed by atoms with van der Waals surface area (Å²) < 4.78 is 0.952.